The van der Waals surface area contributed by atoms with E-state index in [9.17, 15) is 9.59 Å². The third-order valence-electron chi connectivity index (χ3n) is 5.51. The number of nitrogens with zero attached hydrogens (tertiary/aromatic N) is 1. The molecule has 26 heavy (non-hydrogen) atoms. The smallest absolute Gasteiger partial charge is 0.252 e. The highest BCUT2D eigenvalue weighted by molar-refractivity contribution is 7.10. The van der Waals surface area contributed by atoms with Gasteiger partial charge < -0.3 is 10.6 Å². The maximum Gasteiger partial charge on any atom is 0.252 e. The number of amides is 2. The molecule has 2 amide bonds. The van der Waals surface area contributed by atoms with Crippen molar-refractivity contribution in [1.29, 1.82) is 0 Å². The molecule has 1 aliphatic carbocycles. The fourth-order valence-electron chi connectivity index (χ4n) is 3.89. The molecule has 1 aliphatic heterocycles. The van der Waals surface area contributed by atoms with Gasteiger partial charge in [0.2, 0.25) is 5.91 Å². The van der Waals surface area contributed by atoms with E-state index in [1.165, 1.54) is 16.9 Å². The van der Waals surface area contributed by atoms with Gasteiger partial charge in [0.15, 0.2) is 0 Å². The normalized spacial score (nSPS) is 21.2. The Morgan fingerprint density at radius 1 is 1.27 bits per heavy atom. The average molecular weight is 378 g/mol. The Labute approximate surface area is 160 Å². The molecule has 6 heteroatoms. The minimum atomic E-state index is 0.0937. The van der Waals surface area contributed by atoms with Crippen LogP contribution in [0.25, 0.3) is 0 Å². The van der Waals surface area contributed by atoms with Crippen molar-refractivity contribution in [3.05, 3.63) is 21.4 Å². The van der Waals surface area contributed by atoms with Crippen LogP contribution in [0.15, 0.2) is 5.38 Å². The van der Waals surface area contributed by atoms with Gasteiger partial charge in [-0.2, -0.15) is 0 Å². The SMILES string of the molecule is CCCNC(=O)CN1CCC(NC(=O)c2csc3c2CCC(C)C3)CC1. The fourth-order valence-corrected chi connectivity index (χ4v) is 5.13. The van der Waals surface area contributed by atoms with E-state index in [0.717, 1.165) is 63.2 Å². The van der Waals surface area contributed by atoms with Crippen molar-refractivity contribution in [2.75, 3.05) is 26.2 Å². The zero-order chi connectivity index (χ0) is 18.5. The molecule has 0 saturated carbocycles. The van der Waals surface area contributed by atoms with Crippen molar-refractivity contribution in [1.82, 2.24) is 15.5 Å². The molecule has 144 valence electrons. The zero-order valence-corrected chi connectivity index (χ0v) is 16.8. The van der Waals surface area contributed by atoms with Crippen LogP contribution >= 0.6 is 11.3 Å². The van der Waals surface area contributed by atoms with Gasteiger partial charge in [-0.05, 0) is 50.0 Å². The summed E-state index contributed by atoms with van der Waals surface area (Å²) in [6.07, 6.45) is 6.12. The molecule has 1 unspecified atom stereocenters. The average Bonchev–Trinajstić information content (AvgIpc) is 3.04. The summed E-state index contributed by atoms with van der Waals surface area (Å²) in [4.78, 5) is 28.1. The first-order valence-corrected chi connectivity index (χ1v) is 10.8. The number of piperidine rings is 1. The standard InChI is InChI=1S/C20H31N3O2S/c1-3-8-21-19(24)12-23-9-6-15(7-10-23)22-20(25)17-13-26-18-11-14(2)4-5-16(17)18/h13-15H,3-12H2,1-2H3,(H,21,24)(H,22,25). The number of likely N-dealkylation sites (tertiary alicyclic amines) is 1. The molecule has 1 atom stereocenters. The number of rotatable bonds is 6. The van der Waals surface area contributed by atoms with Crippen molar-refractivity contribution in [3.8, 4) is 0 Å². The maximum atomic E-state index is 12.7. The number of fused-ring (bicyclic) bond motifs is 1. The molecule has 1 aromatic rings. The highest BCUT2D eigenvalue weighted by atomic mass is 32.1. The van der Waals surface area contributed by atoms with E-state index in [4.69, 9.17) is 0 Å². The second-order valence-electron chi connectivity index (χ2n) is 7.77. The van der Waals surface area contributed by atoms with Gasteiger partial charge in [0.25, 0.3) is 5.91 Å². The van der Waals surface area contributed by atoms with Crippen molar-refractivity contribution in [2.45, 2.75) is 58.4 Å². The zero-order valence-electron chi connectivity index (χ0n) is 16.0. The Hall–Kier alpha value is -1.40. The third kappa shape index (κ3) is 4.86. The number of hydrogen-bond acceptors (Lipinski definition) is 4. The van der Waals surface area contributed by atoms with Gasteiger partial charge in [-0.25, -0.2) is 0 Å². The lowest BCUT2D eigenvalue weighted by molar-refractivity contribution is -0.122. The number of nitrogens with one attached hydrogen (secondary N) is 2. The second kappa shape index (κ2) is 9.00. The lowest BCUT2D eigenvalue weighted by Gasteiger charge is -2.32. The molecule has 2 N–H and O–H groups in total. The Morgan fingerprint density at radius 2 is 2.04 bits per heavy atom. The Balaban J connectivity index is 1.46. The van der Waals surface area contributed by atoms with E-state index in [1.54, 1.807) is 11.3 Å². The van der Waals surface area contributed by atoms with Crippen molar-refractivity contribution in [3.63, 3.8) is 0 Å². The van der Waals surface area contributed by atoms with Crippen LogP contribution in [0.3, 0.4) is 0 Å². The molecule has 0 bridgehead atoms. The van der Waals surface area contributed by atoms with Crippen LogP contribution in [0.2, 0.25) is 0 Å². The summed E-state index contributed by atoms with van der Waals surface area (Å²) in [5.74, 6) is 0.931. The Bertz CT molecular complexity index is 635. The molecule has 0 aromatic carbocycles. The molecule has 1 fully saturated rings. The van der Waals surface area contributed by atoms with Crippen LogP contribution in [-0.4, -0.2) is 48.9 Å². The van der Waals surface area contributed by atoms with E-state index in [2.05, 4.69) is 29.4 Å². The van der Waals surface area contributed by atoms with E-state index in [1.807, 2.05) is 5.38 Å². The lowest BCUT2D eigenvalue weighted by Crippen LogP contribution is -2.47. The molecule has 5 nitrogen and oxygen atoms in total. The molecule has 2 aliphatic rings. The number of carbonyl (C=O) groups is 2. The molecule has 2 heterocycles. The maximum absolute atomic E-state index is 12.7. The first-order chi connectivity index (χ1) is 12.6. The van der Waals surface area contributed by atoms with Crippen molar-refractivity contribution >= 4 is 23.2 Å². The number of thiophene rings is 1. The molecule has 1 saturated heterocycles. The highest BCUT2D eigenvalue weighted by Gasteiger charge is 2.26. The highest BCUT2D eigenvalue weighted by Crippen LogP contribution is 2.32. The summed E-state index contributed by atoms with van der Waals surface area (Å²) < 4.78 is 0. The van der Waals surface area contributed by atoms with Crippen LogP contribution < -0.4 is 10.6 Å². The quantitative estimate of drug-likeness (QED) is 0.801. The molecule has 3 rings (SSSR count). The van der Waals surface area contributed by atoms with E-state index >= 15 is 0 Å². The Morgan fingerprint density at radius 3 is 2.77 bits per heavy atom. The summed E-state index contributed by atoms with van der Waals surface area (Å²) in [5.41, 5.74) is 2.19. The first kappa shape index (κ1) is 19.4. The monoisotopic (exact) mass is 377 g/mol. The van der Waals surface area contributed by atoms with Gasteiger partial charge in [0.1, 0.15) is 0 Å². The van der Waals surface area contributed by atoms with Crippen LogP contribution in [0.4, 0.5) is 0 Å². The minimum absolute atomic E-state index is 0.0937. The van der Waals surface area contributed by atoms with Gasteiger partial charge in [-0.15, -0.1) is 11.3 Å². The largest absolute Gasteiger partial charge is 0.355 e. The van der Waals surface area contributed by atoms with Gasteiger partial charge in [0, 0.05) is 35.9 Å². The van der Waals surface area contributed by atoms with E-state index in [-0.39, 0.29) is 17.9 Å². The fraction of sp³-hybridized carbons (Fsp3) is 0.700. The topological polar surface area (TPSA) is 61.4 Å². The minimum Gasteiger partial charge on any atom is -0.355 e. The summed E-state index contributed by atoms with van der Waals surface area (Å²) in [7, 11) is 0. The predicted molar refractivity (Wildman–Crippen MR) is 106 cm³/mol. The Kier molecular flexibility index (Phi) is 6.70. The molecule has 0 spiro atoms. The molecule has 0 radical (unpaired) electrons. The third-order valence-corrected chi connectivity index (χ3v) is 6.56. The predicted octanol–water partition coefficient (Wildman–Crippen LogP) is 2.59. The summed E-state index contributed by atoms with van der Waals surface area (Å²) in [6, 6.07) is 0.218. The van der Waals surface area contributed by atoms with Crippen LogP contribution in [0.1, 0.15) is 60.3 Å². The summed E-state index contributed by atoms with van der Waals surface area (Å²) in [5, 5.41) is 8.20. The van der Waals surface area contributed by atoms with Crippen LogP contribution in [-0.2, 0) is 17.6 Å². The van der Waals surface area contributed by atoms with Gasteiger partial charge >= 0.3 is 0 Å². The summed E-state index contributed by atoms with van der Waals surface area (Å²) in [6.45, 7) is 7.29. The van der Waals surface area contributed by atoms with E-state index in [0.29, 0.717) is 6.54 Å². The second-order valence-corrected chi connectivity index (χ2v) is 8.74. The first-order valence-electron chi connectivity index (χ1n) is 9.96. The van der Waals surface area contributed by atoms with Gasteiger partial charge in [-0.1, -0.05) is 13.8 Å². The van der Waals surface area contributed by atoms with Crippen LogP contribution in [0, 0.1) is 5.92 Å². The molecular formula is C20H31N3O2S. The summed E-state index contributed by atoms with van der Waals surface area (Å²) >= 11 is 1.75. The number of hydrogen-bond donors (Lipinski definition) is 2. The van der Waals surface area contributed by atoms with Gasteiger partial charge in [0.05, 0.1) is 12.1 Å². The van der Waals surface area contributed by atoms with E-state index < -0.39 is 0 Å². The lowest BCUT2D eigenvalue weighted by atomic mass is 9.88. The van der Waals surface area contributed by atoms with Crippen molar-refractivity contribution in [2.24, 2.45) is 5.92 Å². The van der Waals surface area contributed by atoms with Crippen LogP contribution in [0.5, 0.6) is 0 Å². The molecular weight excluding hydrogens is 346 g/mol. The number of carbonyl (C=O) groups excluding carboxylic acids is 2. The van der Waals surface area contributed by atoms with Gasteiger partial charge in [-0.3, -0.25) is 14.5 Å². The molecule has 1 aromatic heterocycles. The van der Waals surface area contributed by atoms with Crippen molar-refractivity contribution < 1.29 is 9.59 Å².